The molecular weight excluding hydrogens is 423 g/mol. The van der Waals surface area contributed by atoms with E-state index in [-0.39, 0.29) is 5.01 Å². The molecule has 4 nitrogen and oxygen atoms in total. The summed E-state index contributed by atoms with van der Waals surface area (Å²) in [5, 5.41) is 23.4. The van der Waals surface area contributed by atoms with Gasteiger partial charge in [0.15, 0.2) is 18.0 Å². The first-order valence-electron chi connectivity index (χ1n) is 8.00. The molecule has 0 spiro atoms. The van der Waals surface area contributed by atoms with E-state index in [0.29, 0.717) is 24.3 Å². The molecule has 0 saturated heterocycles. The quantitative estimate of drug-likeness (QED) is 0.691. The first-order chi connectivity index (χ1) is 12.9. The first kappa shape index (κ1) is 23.3. The highest BCUT2D eigenvalue weighted by atomic mass is 19.4. The third-order valence-corrected chi connectivity index (χ3v) is 4.72. The van der Waals surface area contributed by atoms with Crippen LogP contribution in [0, 0.1) is 11.3 Å². The Labute approximate surface area is 158 Å². The van der Waals surface area contributed by atoms with Gasteiger partial charge in [-0.2, -0.15) is 44.6 Å². The average Bonchev–Trinajstić information content (AvgIpc) is 2.87. The van der Waals surface area contributed by atoms with Crippen LogP contribution in [0.2, 0.25) is 0 Å². The second-order valence-corrected chi connectivity index (χ2v) is 6.74. The molecule has 0 radical (unpaired) electrons. The van der Waals surface area contributed by atoms with E-state index in [0.717, 1.165) is 13.8 Å². The molecule has 29 heavy (non-hydrogen) atoms. The van der Waals surface area contributed by atoms with Crippen molar-refractivity contribution in [3.8, 4) is 0 Å². The molecule has 1 aromatic carbocycles. The topological polar surface area (TPSA) is 56.1 Å². The highest BCUT2D eigenvalue weighted by molar-refractivity contribution is 5.99. The number of halogens is 9. The molecule has 2 N–H and O–H groups in total. The number of aliphatic hydroxyl groups excluding tert-OH is 2. The van der Waals surface area contributed by atoms with E-state index in [1.807, 2.05) is 0 Å². The number of anilines is 1. The molecule has 0 aliphatic carbocycles. The fraction of sp³-hybridized carbons (Fsp3) is 0.562. The van der Waals surface area contributed by atoms with Crippen molar-refractivity contribution < 1.29 is 49.7 Å². The molecule has 3 unspecified atom stereocenters. The Morgan fingerprint density at radius 3 is 1.76 bits per heavy atom. The highest BCUT2D eigenvalue weighted by Gasteiger charge is 2.70. The first-order valence-corrected chi connectivity index (χ1v) is 8.00. The van der Waals surface area contributed by atoms with Crippen LogP contribution in [0.1, 0.15) is 19.4 Å². The minimum atomic E-state index is -5.55. The lowest BCUT2D eigenvalue weighted by atomic mass is 9.67. The van der Waals surface area contributed by atoms with Gasteiger partial charge in [0.1, 0.15) is 5.41 Å². The summed E-state index contributed by atoms with van der Waals surface area (Å²) in [5.41, 5.74) is -7.11. The van der Waals surface area contributed by atoms with Crippen molar-refractivity contribution in [3.63, 3.8) is 0 Å². The van der Waals surface area contributed by atoms with Crippen molar-refractivity contribution in [3.05, 3.63) is 29.8 Å². The molecule has 1 aromatic rings. The Bertz CT molecular complexity index is 769. The zero-order valence-electron chi connectivity index (χ0n) is 14.7. The summed E-state index contributed by atoms with van der Waals surface area (Å²) in [5.74, 6) is -1.62. The normalized spacial score (nSPS) is 24.8. The van der Waals surface area contributed by atoms with Crippen LogP contribution in [0.15, 0.2) is 29.4 Å². The highest BCUT2D eigenvalue weighted by Crippen LogP contribution is 2.52. The summed E-state index contributed by atoms with van der Waals surface area (Å²) >= 11 is 0. The van der Waals surface area contributed by atoms with Gasteiger partial charge in [-0.25, -0.2) is 5.01 Å². The molecule has 2 rings (SSSR count). The molecule has 3 atom stereocenters. The summed E-state index contributed by atoms with van der Waals surface area (Å²) in [6, 6.07) is 2.25. The average molecular weight is 438 g/mol. The zero-order chi connectivity index (χ0) is 22.6. The number of benzene rings is 1. The molecule has 1 aliphatic rings. The van der Waals surface area contributed by atoms with E-state index in [2.05, 4.69) is 5.10 Å². The molecule has 0 fully saturated rings. The van der Waals surface area contributed by atoms with Gasteiger partial charge in [0.05, 0.1) is 11.3 Å². The second-order valence-electron chi connectivity index (χ2n) is 6.74. The summed E-state index contributed by atoms with van der Waals surface area (Å²) < 4.78 is 118. The standard InChI is InChI=1S/C16H15F9N2O2/c1-7(2)13(11(28)16(23,24)25)10(15(20,21)22)26-27(12(13)29)9-5-3-8(4-6-9)14(17,18)19/h3-7,11-12,28-29H,1-2H3. The maximum absolute atomic E-state index is 13.6. The number of alkyl halides is 9. The SMILES string of the molecule is CC(C)C1(C(O)C(F)(F)F)C(C(F)(F)F)=NN(c2ccc(C(F)(F)F)cc2)C1O. The van der Waals surface area contributed by atoms with E-state index < -0.39 is 59.2 Å². The maximum atomic E-state index is 13.6. The Balaban J connectivity index is 2.66. The number of hydrazone groups is 1. The number of hydrogen-bond acceptors (Lipinski definition) is 4. The van der Waals surface area contributed by atoms with Crippen molar-refractivity contribution in [1.82, 2.24) is 0 Å². The van der Waals surface area contributed by atoms with Crippen LogP contribution in [0.25, 0.3) is 0 Å². The lowest BCUT2D eigenvalue weighted by Gasteiger charge is -2.42. The molecule has 164 valence electrons. The predicted molar refractivity (Wildman–Crippen MR) is 82.8 cm³/mol. The van der Waals surface area contributed by atoms with Crippen LogP contribution in [-0.2, 0) is 6.18 Å². The maximum Gasteiger partial charge on any atom is 0.432 e. The number of rotatable bonds is 3. The van der Waals surface area contributed by atoms with E-state index in [1.54, 1.807) is 0 Å². The van der Waals surface area contributed by atoms with Crippen LogP contribution >= 0.6 is 0 Å². The van der Waals surface area contributed by atoms with Gasteiger partial charge in [-0.1, -0.05) is 13.8 Å². The molecule has 0 amide bonds. The molecule has 1 aliphatic heterocycles. The Hall–Kier alpha value is -2.02. The van der Waals surface area contributed by atoms with Crippen LogP contribution < -0.4 is 5.01 Å². The van der Waals surface area contributed by atoms with Gasteiger partial charge in [-0.05, 0) is 30.2 Å². The largest absolute Gasteiger partial charge is 0.432 e. The lowest BCUT2D eigenvalue weighted by Crippen LogP contribution is -2.62. The lowest BCUT2D eigenvalue weighted by molar-refractivity contribution is -0.248. The van der Waals surface area contributed by atoms with Gasteiger partial charge < -0.3 is 10.2 Å². The van der Waals surface area contributed by atoms with Gasteiger partial charge in [-0.3, -0.25) is 0 Å². The number of aliphatic hydroxyl groups is 2. The van der Waals surface area contributed by atoms with Crippen molar-refractivity contribution in [2.75, 3.05) is 5.01 Å². The third-order valence-electron chi connectivity index (χ3n) is 4.72. The molecule has 0 saturated carbocycles. The van der Waals surface area contributed by atoms with Gasteiger partial charge in [0.2, 0.25) is 0 Å². The number of nitrogens with zero attached hydrogens (tertiary/aromatic N) is 2. The fourth-order valence-electron chi connectivity index (χ4n) is 3.31. The van der Waals surface area contributed by atoms with Crippen LogP contribution in [0.3, 0.4) is 0 Å². The minimum absolute atomic E-state index is 0.123. The van der Waals surface area contributed by atoms with Crippen molar-refractivity contribution in [1.29, 1.82) is 0 Å². The van der Waals surface area contributed by atoms with Gasteiger partial charge in [0.25, 0.3) is 0 Å². The minimum Gasteiger partial charge on any atom is -0.383 e. The summed E-state index contributed by atoms with van der Waals surface area (Å²) in [6.07, 6.45) is -22.1. The molecular formula is C16H15F9N2O2. The third kappa shape index (κ3) is 3.89. The van der Waals surface area contributed by atoms with E-state index in [4.69, 9.17) is 0 Å². The van der Waals surface area contributed by atoms with Crippen molar-refractivity contribution in [2.24, 2.45) is 16.4 Å². The van der Waals surface area contributed by atoms with Crippen LogP contribution in [-0.4, -0.2) is 40.6 Å². The summed E-state index contributed by atoms with van der Waals surface area (Å²) in [4.78, 5) is 0. The zero-order valence-corrected chi connectivity index (χ0v) is 14.7. The monoisotopic (exact) mass is 438 g/mol. The predicted octanol–water partition coefficient (Wildman–Crippen LogP) is 4.33. The molecule has 0 aromatic heterocycles. The summed E-state index contributed by atoms with van der Waals surface area (Å²) in [7, 11) is 0. The smallest absolute Gasteiger partial charge is 0.383 e. The van der Waals surface area contributed by atoms with Crippen molar-refractivity contribution >= 4 is 11.4 Å². The Morgan fingerprint density at radius 1 is 0.931 bits per heavy atom. The van der Waals surface area contributed by atoms with Crippen molar-refractivity contribution in [2.45, 2.75) is 44.7 Å². The second kappa shape index (κ2) is 7.04. The van der Waals surface area contributed by atoms with Gasteiger partial charge >= 0.3 is 18.5 Å². The van der Waals surface area contributed by atoms with E-state index in [1.165, 1.54) is 0 Å². The number of hydrogen-bond donors (Lipinski definition) is 2. The van der Waals surface area contributed by atoms with Crippen LogP contribution in [0.5, 0.6) is 0 Å². The molecule has 13 heteroatoms. The van der Waals surface area contributed by atoms with E-state index >= 15 is 0 Å². The molecule has 1 heterocycles. The van der Waals surface area contributed by atoms with Gasteiger partial charge in [0, 0.05) is 0 Å². The summed E-state index contributed by atoms with van der Waals surface area (Å²) in [6.45, 7) is 1.85. The van der Waals surface area contributed by atoms with E-state index in [9.17, 15) is 49.7 Å². The Kier molecular flexibility index (Phi) is 5.65. The van der Waals surface area contributed by atoms with Crippen LogP contribution in [0.4, 0.5) is 45.2 Å². The van der Waals surface area contributed by atoms with Gasteiger partial charge in [-0.15, -0.1) is 0 Å². The molecule has 0 bridgehead atoms. The fourth-order valence-corrected chi connectivity index (χ4v) is 3.31. The Morgan fingerprint density at radius 2 is 1.41 bits per heavy atom.